The highest BCUT2D eigenvalue weighted by molar-refractivity contribution is 7.82. The summed E-state index contributed by atoms with van der Waals surface area (Å²) in [5.74, 6) is -2.97. The predicted molar refractivity (Wildman–Crippen MR) is 119 cm³/mol. The molecule has 7 nitrogen and oxygen atoms in total. The van der Waals surface area contributed by atoms with Gasteiger partial charge in [-0.1, -0.05) is 0 Å². The molecule has 1 aromatic rings. The van der Waals surface area contributed by atoms with Crippen molar-refractivity contribution >= 4 is 22.8 Å². The lowest BCUT2D eigenvalue weighted by Crippen LogP contribution is -2.53. The average Bonchev–Trinajstić information content (AvgIpc) is 3.31. The van der Waals surface area contributed by atoms with Crippen LogP contribution in [-0.2, 0) is 44.5 Å². The van der Waals surface area contributed by atoms with E-state index < -0.39 is 52.8 Å². The Hall–Kier alpha value is -2.19. The minimum atomic E-state index is -5.05. The van der Waals surface area contributed by atoms with Crippen LogP contribution in [0.4, 0.5) is 26.3 Å². The number of benzene rings is 1. The standard InChI is InChI=1S/C23H27F6N3O4S/c24-22(25,26)15-9-14-12-31(6-3-18(14)19(11-15)37(30)35)20(33)13-1-2-17(10-13)32(21(34)23(27,28)29)16-4-7-36-8-5-16/h9,11,13,16-17H,1-8,10,12,30H2. The Morgan fingerprint density at radius 2 is 1.70 bits per heavy atom. The molecule has 1 aliphatic carbocycles. The van der Waals surface area contributed by atoms with E-state index in [9.17, 15) is 40.1 Å². The maximum absolute atomic E-state index is 13.4. The molecular formula is C23H27F6N3O4S. The molecule has 37 heavy (non-hydrogen) atoms. The van der Waals surface area contributed by atoms with Crippen molar-refractivity contribution in [1.82, 2.24) is 9.80 Å². The molecule has 3 aliphatic rings. The van der Waals surface area contributed by atoms with Gasteiger partial charge in [0, 0.05) is 44.3 Å². The molecule has 2 N–H and O–H groups in total. The Morgan fingerprint density at radius 3 is 2.30 bits per heavy atom. The number of amides is 2. The van der Waals surface area contributed by atoms with Crippen molar-refractivity contribution in [2.75, 3.05) is 19.8 Å². The third kappa shape index (κ3) is 5.95. The third-order valence-corrected chi connectivity index (χ3v) is 8.16. The predicted octanol–water partition coefficient (Wildman–Crippen LogP) is 3.31. The van der Waals surface area contributed by atoms with Gasteiger partial charge in [-0.05, 0) is 61.8 Å². The second kappa shape index (κ2) is 10.5. The Kier molecular flexibility index (Phi) is 7.92. The molecule has 4 rings (SSSR count). The number of fused-ring (bicyclic) bond motifs is 1. The van der Waals surface area contributed by atoms with Crippen LogP contribution in [0.2, 0.25) is 0 Å². The van der Waals surface area contributed by atoms with Gasteiger partial charge in [-0.25, -0.2) is 9.35 Å². The topological polar surface area (TPSA) is 92.9 Å². The molecule has 2 fully saturated rings. The van der Waals surface area contributed by atoms with Gasteiger partial charge in [-0.3, -0.25) is 9.59 Å². The molecule has 3 atom stereocenters. The number of carbonyl (C=O) groups is 2. The number of carbonyl (C=O) groups excluding carboxylic acids is 2. The second-order valence-electron chi connectivity index (χ2n) is 9.63. The van der Waals surface area contributed by atoms with Gasteiger partial charge in [0.25, 0.3) is 0 Å². The monoisotopic (exact) mass is 555 g/mol. The van der Waals surface area contributed by atoms with Crippen LogP contribution in [-0.4, -0.2) is 63.8 Å². The molecule has 2 amide bonds. The van der Waals surface area contributed by atoms with Gasteiger partial charge in [0.15, 0.2) is 0 Å². The van der Waals surface area contributed by atoms with Crippen LogP contribution in [0.5, 0.6) is 0 Å². The maximum Gasteiger partial charge on any atom is 0.471 e. The first kappa shape index (κ1) is 27.8. The Morgan fingerprint density at radius 1 is 1.03 bits per heavy atom. The van der Waals surface area contributed by atoms with Crippen LogP contribution in [0.25, 0.3) is 0 Å². The minimum Gasteiger partial charge on any atom is -0.381 e. The van der Waals surface area contributed by atoms with Crippen LogP contribution in [0, 0.1) is 5.92 Å². The Balaban J connectivity index is 1.51. The number of nitrogens with zero attached hydrogens (tertiary/aromatic N) is 2. The first-order chi connectivity index (χ1) is 17.3. The zero-order valence-electron chi connectivity index (χ0n) is 19.7. The highest BCUT2D eigenvalue weighted by atomic mass is 32.2. The molecule has 0 aromatic heterocycles. The first-order valence-corrected chi connectivity index (χ1v) is 13.1. The van der Waals surface area contributed by atoms with Gasteiger partial charge in [0.05, 0.1) is 10.5 Å². The van der Waals surface area contributed by atoms with E-state index in [-0.39, 0.29) is 81.2 Å². The molecule has 0 spiro atoms. The summed E-state index contributed by atoms with van der Waals surface area (Å²) in [5.41, 5.74) is -0.425. The zero-order valence-corrected chi connectivity index (χ0v) is 20.6. The summed E-state index contributed by atoms with van der Waals surface area (Å²) in [5, 5.41) is 5.41. The average molecular weight is 556 g/mol. The maximum atomic E-state index is 13.4. The molecular weight excluding hydrogens is 528 g/mol. The van der Waals surface area contributed by atoms with E-state index in [0.717, 1.165) is 17.0 Å². The SMILES string of the molecule is NS(=O)c1cc(C(F)(F)F)cc2c1CCN(C(=O)C1CCC(N(C(=O)C(F)(F)F)C3CCOCC3)C1)C2. The molecule has 1 aromatic carbocycles. The lowest BCUT2D eigenvalue weighted by Gasteiger charge is -2.39. The van der Waals surface area contributed by atoms with Gasteiger partial charge in [0.2, 0.25) is 5.91 Å². The van der Waals surface area contributed by atoms with Crippen molar-refractivity contribution in [1.29, 1.82) is 0 Å². The highest BCUT2D eigenvalue weighted by Crippen LogP contribution is 2.38. The molecule has 0 bridgehead atoms. The van der Waals surface area contributed by atoms with Crippen molar-refractivity contribution in [2.45, 2.75) is 74.4 Å². The minimum absolute atomic E-state index is 0.0437. The number of hydrogen-bond acceptors (Lipinski definition) is 4. The lowest BCUT2D eigenvalue weighted by atomic mass is 9.95. The van der Waals surface area contributed by atoms with Crippen LogP contribution in [0.15, 0.2) is 17.0 Å². The Labute approximate surface area is 211 Å². The van der Waals surface area contributed by atoms with Crippen molar-refractivity contribution in [3.63, 3.8) is 0 Å². The fourth-order valence-electron chi connectivity index (χ4n) is 5.62. The first-order valence-electron chi connectivity index (χ1n) is 11.9. The third-order valence-electron chi connectivity index (χ3n) is 7.36. The number of ether oxygens (including phenoxy) is 1. The quantitative estimate of drug-likeness (QED) is 0.578. The van der Waals surface area contributed by atoms with Crippen molar-refractivity contribution in [3.8, 4) is 0 Å². The second-order valence-corrected chi connectivity index (χ2v) is 10.7. The fourth-order valence-corrected chi connectivity index (χ4v) is 6.34. The number of rotatable bonds is 4. The van der Waals surface area contributed by atoms with Crippen LogP contribution < -0.4 is 5.14 Å². The van der Waals surface area contributed by atoms with Gasteiger partial charge in [-0.15, -0.1) is 0 Å². The summed E-state index contributed by atoms with van der Waals surface area (Å²) in [4.78, 5) is 27.7. The molecule has 0 radical (unpaired) electrons. The largest absolute Gasteiger partial charge is 0.471 e. The van der Waals surface area contributed by atoms with Crippen LogP contribution in [0.3, 0.4) is 0 Å². The fraction of sp³-hybridized carbons (Fsp3) is 0.652. The van der Waals surface area contributed by atoms with E-state index in [4.69, 9.17) is 9.88 Å². The molecule has 14 heteroatoms. The summed E-state index contributed by atoms with van der Waals surface area (Å²) < 4.78 is 97.4. The van der Waals surface area contributed by atoms with E-state index in [1.165, 1.54) is 4.90 Å². The molecule has 1 saturated carbocycles. The van der Waals surface area contributed by atoms with E-state index in [0.29, 0.717) is 5.56 Å². The van der Waals surface area contributed by atoms with E-state index >= 15 is 0 Å². The normalized spacial score (nSPS) is 24.0. The molecule has 206 valence electrons. The summed E-state index contributed by atoms with van der Waals surface area (Å²) in [6.45, 7) is 0.469. The van der Waals surface area contributed by atoms with Crippen molar-refractivity contribution < 1.29 is 44.9 Å². The molecule has 2 aliphatic heterocycles. The molecule has 3 unspecified atom stereocenters. The zero-order chi connectivity index (χ0) is 27.1. The summed E-state index contributed by atoms with van der Waals surface area (Å²) >= 11 is 0. The molecule has 2 heterocycles. The van der Waals surface area contributed by atoms with Gasteiger partial charge in [0.1, 0.15) is 11.0 Å². The molecule has 1 saturated heterocycles. The van der Waals surface area contributed by atoms with Crippen LogP contribution in [0.1, 0.15) is 48.8 Å². The number of nitrogens with two attached hydrogens (primary N) is 1. The Bertz CT molecular complexity index is 1070. The van der Waals surface area contributed by atoms with Gasteiger partial charge in [-0.2, -0.15) is 26.3 Å². The van der Waals surface area contributed by atoms with Crippen molar-refractivity contribution in [2.24, 2.45) is 11.1 Å². The van der Waals surface area contributed by atoms with Crippen molar-refractivity contribution in [3.05, 3.63) is 28.8 Å². The van der Waals surface area contributed by atoms with Gasteiger partial charge >= 0.3 is 18.3 Å². The summed E-state index contributed by atoms with van der Waals surface area (Å²) in [6, 6.07) is 0.264. The van der Waals surface area contributed by atoms with E-state index in [2.05, 4.69) is 0 Å². The smallest absolute Gasteiger partial charge is 0.381 e. The summed E-state index contributed by atoms with van der Waals surface area (Å²) in [7, 11) is -2.15. The summed E-state index contributed by atoms with van der Waals surface area (Å²) in [6.07, 6.45) is -8.54. The number of hydrogen-bond donors (Lipinski definition) is 1. The number of halogens is 6. The van der Waals surface area contributed by atoms with E-state index in [1.54, 1.807) is 0 Å². The van der Waals surface area contributed by atoms with Crippen LogP contribution >= 0.6 is 0 Å². The highest BCUT2D eigenvalue weighted by Gasteiger charge is 2.49. The van der Waals surface area contributed by atoms with E-state index in [1.807, 2.05) is 0 Å². The number of alkyl halides is 6. The van der Waals surface area contributed by atoms with Gasteiger partial charge < -0.3 is 14.5 Å². The lowest BCUT2D eigenvalue weighted by molar-refractivity contribution is -0.192.